The highest BCUT2D eigenvalue weighted by atomic mass is 32.2. The number of aromatic nitrogens is 1. The quantitative estimate of drug-likeness (QED) is 0.769. The Morgan fingerprint density at radius 1 is 1.05 bits per heavy atom. The topological polar surface area (TPSA) is 91.2 Å². The molecule has 0 saturated carbocycles. The Bertz CT molecular complexity index is 819. The van der Waals surface area contributed by atoms with Gasteiger partial charge in [0.05, 0.1) is 24.2 Å². The van der Waals surface area contributed by atoms with E-state index in [4.69, 9.17) is 8.37 Å². The summed E-state index contributed by atoms with van der Waals surface area (Å²) in [6.45, 7) is 0. The molecule has 104 valence electrons. The van der Waals surface area contributed by atoms with Crippen molar-refractivity contribution in [2.45, 2.75) is 0 Å². The minimum atomic E-state index is -3.73. The molecule has 0 aliphatic carbocycles. The Labute approximate surface area is 110 Å². The summed E-state index contributed by atoms with van der Waals surface area (Å²) in [6.07, 6.45) is 4.81. The van der Waals surface area contributed by atoms with Gasteiger partial charge in [0.2, 0.25) is 0 Å². The van der Waals surface area contributed by atoms with Crippen LogP contribution in [0.2, 0.25) is 0 Å². The van der Waals surface area contributed by atoms with Crippen LogP contribution in [-0.4, -0.2) is 33.7 Å². The van der Waals surface area contributed by atoms with Crippen molar-refractivity contribution in [3.8, 4) is 11.5 Å². The average molecular weight is 305 g/mol. The van der Waals surface area contributed by atoms with Gasteiger partial charge in [-0.25, -0.2) is 0 Å². The second-order valence-corrected chi connectivity index (χ2v) is 7.07. The van der Waals surface area contributed by atoms with Crippen molar-refractivity contribution < 1.29 is 25.2 Å². The van der Waals surface area contributed by atoms with Gasteiger partial charge in [0.1, 0.15) is 0 Å². The smallest absolute Gasteiger partial charge is 0.306 e. The second kappa shape index (κ2) is 4.42. The molecule has 0 aliphatic heterocycles. The van der Waals surface area contributed by atoms with Gasteiger partial charge in [-0.05, 0) is 12.1 Å². The van der Waals surface area contributed by atoms with Gasteiger partial charge in [-0.2, -0.15) is 16.8 Å². The van der Waals surface area contributed by atoms with E-state index in [0.717, 1.165) is 12.5 Å². The molecule has 2 heterocycles. The van der Waals surface area contributed by atoms with Crippen molar-refractivity contribution in [3.63, 3.8) is 0 Å². The lowest BCUT2D eigenvalue weighted by Gasteiger charge is -2.09. The molecule has 2 aromatic rings. The van der Waals surface area contributed by atoms with E-state index >= 15 is 0 Å². The third-order valence-electron chi connectivity index (χ3n) is 2.06. The van der Waals surface area contributed by atoms with Crippen LogP contribution < -0.4 is 8.37 Å². The zero-order valence-corrected chi connectivity index (χ0v) is 11.7. The van der Waals surface area contributed by atoms with E-state index in [1.165, 1.54) is 16.7 Å². The predicted molar refractivity (Wildman–Crippen MR) is 68.3 cm³/mol. The highest BCUT2D eigenvalue weighted by molar-refractivity contribution is 7.86. The van der Waals surface area contributed by atoms with Crippen molar-refractivity contribution in [1.29, 1.82) is 0 Å². The van der Waals surface area contributed by atoms with Crippen LogP contribution in [0.3, 0.4) is 0 Å². The molecule has 9 heteroatoms. The fourth-order valence-electron chi connectivity index (χ4n) is 1.54. The molecule has 0 aliphatic rings. The lowest BCUT2D eigenvalue weighted by atomic mass is 10.3. The maximum Gasteiger partial charge on any atom is 0.306 e. The summed E-state index contributed by atoms with van der Waals surface area (Å²) in [7, 11) is -7.43. The molecule has 2 aromatic heterocycles. The van der Waals surface area contributed by atoms with Crippen LogP contribution in [0.1, 0.15) is 0 Å². The van der Waals surface area contributed by atoms with Crippen LogP contribution >= 0.6 is 0 Å². The van der Waals surface area contributed by atoms with Crippen molar-refractivity contribution in [3.05, 3.63) is 30.6 Å². The normalized spacial score (nSPS) is 12.5. The average Bonchev–Trinajstić information content (AvgIpc) is 2.59. The van der Waals surface area contributed by atoms with Gasteiger partial charge in [0.25, 0.3) is 0 Å². The van der Waals surface area contributed by atoms with Crippen LogP contribution in [0, 0.1) is 0 Å². The number of fused-ring (bicyclic) bond motifs is 1. The van der Waals surface area contributed by atoms with Gasteiger partial charge in [-0.15, -0.1) is 0 Å². The Morgan fingerprint density at radius 2 is 1.68 bits per heavy atom. The zero-order valence-electron chi connectivity index (χ0n) is 10.1. The predicted octanol–water partition coefficient (Wildman–Crippen LogP) is 0.616. The molecule has 2 rings (SSSR count). The minimum Gasteiger partial charge on any atom is -0.381 e. The van der Waals surface area contributed by atoms with Crippen LogP contribution in [0.25, 0.3) is 5.52 Å². The van der Waals surface area contributed by atoms with Gasteiger partial charge >= 0.3 is 20.2 Å². The number of rotatable bonds is 4. The van der Waals surface area contributed by atoms with Gasteiger partial charge in [0.15, 0.2) is 11.5 Å². The molecular formula is C10H11NO6S2. The first-order chi connectivity index (χ1) is 8.64. The SMILES string of the molecule is CS(=O)(=O)Oc1cc(OS(C)(=O)=O)c2cccn2c1. The first-order valence-electron chi connectivity index (χ1n) is 5.04. The third kappa shape index (κ3) is 3.61. The number of hydrogen-bond donors (Lipinski definition) is 0. The van der Waals surface area contributed by atoms with E-state index in [-0.39, 0.29) is 11.5 Å². The summed E-state index contributed by atoms with van der Waals surface area (Å²) in [5.74, 6) is -0.0431. The summed E-state index contributed by atoms with van der Waals surface area (Å²) in [6, 6.07) is 4.50. The molecule has 0 radical (unpaired) electrons. The maximum absolute atomic E-state index is 11.2. The van der Waals surface area contributed by atoms with Gasteiger partial charge in [-0.3, -0.25) is 0 Å². The largest absolute Gasteiger partial charge is 0.381 e. The van der Waals surface area contributed by atoms with Gasteiger partial charge in [0, 0.05) is 12.3 Å². The molecule has 0 bridgehead atoms. The Kier molecular flexibility index (Phi) is 3.19. The molecule has 0 spiro atoms. The van der Waals surface area contributed by atoms with Crippen molar-refractivity contribution in [2.75, 3.05) is 12.5 Å². The van der Waals surface area contributed by atoms with E-state index in [9.17, 15) is 16.8 Å². The van der Waals surface area contributed by atoms with Crippen LogP contribution in [-0.2, 0) is 20.2 Å². The Balaban J connectivity index is 2.57. The van der Waals surface area contributed by atoms with Gasteiger partial charge in [-0.1, -0.05) is 0 Å². The van der Waals surface area contributed by atoms with E-state index in [2.05, 4.69) is 0 Å². The van der Waals surface area contributed by atoms with E-state index < -0.39 is 20.2 Å². The molecule has 0 atom stereocenters. The molecule has 19 heavy (non-hydrogen) atoms. The standard InChI is InChI=1S/C10H11NO6S2/c1-18(12,13)16-8-6-10(17-19(2,14)15)9-4-3-5-11(9)7-8/h3-7H,1-2H3. The highest BCUT2D eigenvalue weighted by Gasteiger charge is 2.13. The van der Waals surface area contributed by atoms with Crippen LogP contribution in [0.15, 0.2) is 30.6 Å². The summed E-state index contributed by atoms with van der Waals surface area (Å²) in [5.41, 5.74) is 0.478. The molecule has 0 N–H and O–H groups in total. The van der Waals surface area contributed by atoms with E-state index in [1.807, 2.05) is 0 Å². The third-order valence-corrected chi connectivity index (χ3v) is 3.04. The monoisotopic (exact) mass is 305 g/mol. The Morgan fingerprint density at radius 3 is 2.26 bits per heavy atom. The lowest BCUT2D eigenvalue weighted by Crippen LogP contribution is -2.09. The molecule has 7 nitrogen and oxygen atoms in total. The number of pyridine rings is 1. The molecule has 0 amide bonds. The van der Waals surface area contributed by atoms with Gasteiger partial charge < -0.3 is 12.8 Å². The fraction of sp³-hybridized carbons (Fsp3) is 0.200. The lowest BCUT2D eigenvalue weighted by molar-refractivity contribution is 0.482. The zero-order chi connectivity index (χ0) is 14.3. The summed E-state index contributed by atoms with van der Waals surface area (Å²) in [5, 5.41) is 0. The molecule has 0 fully saturated rings. The molecule has 0 unspecified atom stereocenters. The molecular weight excluding hydrogens is 294 g/mol. The van der Waals surface area contributed by atoms with E-state index in [1.54, 1.807) is 18.3 Å². The van der Waals surface area contributed by atoms with Crippen LogP contribution in [0.5, 0.6) is 11.5 Å². The Hall–Kier alpha value is -1.74. The highest BCUT2D eigenvalue weighted by Crippen LogP contribution is 2.28. The van der Waals surface area contributed by atoms with Crippen molar-refractivity contribution >= 4 is 25.8 Å². The second-order valence-electron chi connectivity index (χ2n) is 3.92. The number of hydrogen-bond acceptors (Lipinski definition) is 6. The first-order valence-corrected chi connectivity index (χ1v) is 8.67. The van der Waals surface area contributed by atoms with Crippen molar-refractivity contribution in [1.82, 2.24) is 4.40 Å². The maximum atomic E-state index is 11.2. The van der Waals surface area contributed by atoms with E-state index in [0.29, 0.717) is 5.52 Å². The fourth-order valence-corrected chi connectivity index (χ4v) is 2.44. The van der Waals surface area contributed by atoms with Crippen LogP contribution in [0.4, 0.5) is 0 Å². The van der Waals surface area contributed by atoms with Crippen molar-refractivity contribution in [2.24, 2.45) is 0 Å². The number of nitrogens with zero attached hydrogens (tertiary/aromatic N) is 1. The summed E-state index contributed by atoms with van der Waals surface area (Å²) < 4.78 is 55.5. The summed E-state index contributed by atoms with van der Waals surface area (Å²) in [4.78, 5) is 0. The first kappa shape index (κ1) is 13.7. The molecule has 0 saturated heterocycles. The molecule has 0 aromatic carbocycles. The summed E-state index contributed by atoms with van der Waals surface area (Å²) >= 11 is 0. The minimum absolute atomic E-state index is 0.00588.